The summed E-state index contributed by atoms with van der Waals surface area (Å²) in [6, 6.07) is 22.3. The van der Waals surface area contributed by atoms with Gasteiger partial charge in [0.1, 0.15) is 5.82 Å². The van der Waals surface area contributed by atoms with Crippen LogP contribution in [0.3, 0.4) is 0 Å². The Bertz CT molecular complexity index is 958. The van der Waals surface area contributed by atoms with Gasteiger partial charge < -0.3 is 4.90 Å². The third-order valence-electron chi connectivity index (χ3n) is 5.31. The van der Waals surface area contributed by atoms with Gasteiger partial charge in [0.25, 0.3) is 0 Å². The highest BCUT2D eigenvalue weighted by Crippen LogP contribution is 2.28. The van der Waals surface area contributed by atoms with Crippen LogP contribution in [0.1, 0.15) is 30.0 Å². The molecular formula is C24H23FN2O. The Morgan fingerprint density at radius 2 is 1.79 bits per heavy atom. The minimum absolute atomic E-state index is 0.154. The van der Waals surface area contributed by atoms with E-state index in [2.05, 4.69) is 0 Å². The maximum atomic E-state index is 14.1. The highest BCUT2D eigenvalue weighted by atomic mass is 19.1. The SMILES string of the molecule is O=C(Cc1ccccc1)N1CCC[C@H](c2cccc(-c3ccccc3F)n2)C1. The van der Waals surface area contributed by atoms with Crippen molar-refractivity contribution in [3.05, 3.63) is 89.9 Å². The predicted octanol–water partition coefficient (Wildman–Crippen LogP) is 4.84. The highest BCUT2D eigenvalue weighted by Gasteiger charge is 2.26. The van der Waals surface area contributed by atoms with E-state index < -0.39 is 0 Å². The summed E-state index contributed by atoms with van der Waals surface area (Å²) in [7, 11) is 0. The lowest BCUT2D eigenvalue weighted by molar-refractivity contribution is -0.131. The molecule has 2 heterocycles. The summed E-state index contributed by atoms with van der Waals surface area (Å²) >= 11 is 0. The molecule has 3 aromatic rings. The summed E-state index contributed by atoms with van der Waals surface area (Å²) in [5, 5.41) is 0. The number of rotatable bonds is 4. The molecule has 1 aliphatic heterocycles. The predicted molar refractivity (Wildman–Crippen MR) is 108 cm³/mol. The van der Waals surface area contributed by atoms with Crippen LogP contribution >= 0.6 is 0 Å². The second-order valence-corrected chi connectivity index (χ2v) is 7.27. The van der Waals surface area contributed by atoms with Crippen molar-refractivity contribution in [3.63, 3.8) is 0 Å². The molecule has 3 nitrogen and oxygen atoms in total. The van der Waals surface area contributed by atoms with Gasteiger partial charge in [-0.3, -0.25) is 9.78 Å². The number of hydrogen-bond donors (Lipinski definition) is 0. The first kappa shape index (κ1) is 18.4. The first-order valence-electron chi connectivity index (χ1n) is 9.74. The Balaban J connectivity index is 1.50. The van der Waals surface area contributed by atoms with Crippen molar-refractivity contribution in [2.24, 2.45) is 0 Å². The molecule has 2 aromatic carbocycles. The van der Waals surface area contributed by atoms with Gasteiger partial charge in [-0.05, 0) is 42.7 Å². The first-order chi connectivity index (χ1) is 13.7. The second kappa shape index (κ2) is 8.34. The zero-order chi connectivity index (χ0) is 19.3. The number of amides is 1. The number of piperidine rings is 1. The molecule has 4 rings (SSSR count). The zero-order valence-electron chi connectivity index (χ0n) is 15.7. The van der Waals surface area contributed by atoms with E-state index in [1.54, 1.807) is 12.1 Å². The largest absolute Gasteiger partial charge is 0.342 e. The molecule has 4 heteroatoms. The van der Waals surface area contributed by atoms with Gasteiger partial charge in [-0.25, -0.2) is 4.39 Å². The Hall–Kier alpha value is -3.01. The molecule has 142 valence electrons. The average molecular weight is 374 g/mol. The normalized spacial score (nSPS) is 16.8. The van der Waals surface area contributed by atoms with Crippen LogP contribution in [0.15, 0.2) is 72.8 Å². The molecule has 0 aliphatic carbocycles. The molecule has 1 fully saturated rings. The fraction of sp³-hybridized carbons (Fsp3) is 0.250. The maximum absolute atomic E-state index is 14.1. The molecule has 1 aromatic heterocycles. The number of hydrogen-bond acceptors (Lipinski definition) is 2. The molecule has 0 bridgehead atoms. The lowest BCUT2D eigenvalue weighted by Crippen LogP contribution is -2.40. The summed E-state index contributed by atoms with van der Waals surface area (Å²) in [5.41, 5.74) is 3.12. The number of aromatic nitrogens is 1. The highest BCUT2D eigenvalue weighted by molar-refractivity contribution is 5.79. The standard InChI is InChI=1S/C24H23FN2O/c25-21-12-5-4-11-20(21)23-14-6-13-22(26-23)19-10-7-15-27(17-19)24(28)16-18-8-2-1-3-9-18/h1-6,8-9,11-14,19H,7,10,15-17H2/t19-/m0/s1. The van der Waals surface area contributed by atoms with Crippen molar-refractivity contribution >= 4 is 5.91 Å². The van der Waals surface area contributed by atoms with E-state index in [9.17, 15) is 9.18 Å². The lowest BCUT2D eigenvalue weighted by atomic mass is 9.93. The van der Waals surface area contributed by atoms with Crippen molar-refractivity contribution in [1.29, 1.82) is 0 Å². The van der Waals surface area contributed by atoms with E-state index >= 15 is 0 Å². The molecule has 0 radical (unpaired) electrons. The van der Waals surface area contributed by atoms with Gasteiger partial charge in [0.05, 0.1) is 12.1 Å². The summed E-state index contributed by atoms with van der Waals surface area (Å²) < 4.78 is 14.1. The number of carbonyl (C=O) groups excluding carboxylic acids is 1. The number of carbonyl (C=O) groups is 1. The minimum Gasteiger partial charge on any atom is -0.342 e. The minimum atomic E-state index is -0.268. The van der Waals surface area contributed by atoms with Gasteiger partial charge in [0.2, 0.25) is 5.91 Å². The van der Waals surface area contributed by atoms with Gasteiger partial charge in [-0.1, -0.05) is 48.5 Å². The van der Waals surface area contributed by atoms with E-state index in [1.165, 1.54) is 6.07 Å². The molecule has 0 spiro atoms. The zero-order valence-corrected chi connectivity index (χ0v) is 15.7. The Morgan fingerprint density at radius 1 is 1.00 bits per heavy atom. The van der Waals surface area contributed by atoms with Crippen LogP contribution in [0.2, 0.25) is 0 Å². The number of likely N-dealkylation sites (tertiary alicyclic amines) is 1. The molecule has 0 N–H and O–H groups in total. The van der Waals surface area contributed by atoms with Gasteiger partial charge in [0.15, 0.2) is 0 Å². The lowest BCUT2D eigenvalue weighted by Gasteiger charge is -2.32. The van der Waals surface area contributed by atoms with Crippen LogP contribution in [-0.4, -0.2) is 28.9 Å². The Morgan fingerprint density at radius 3 is 2.61 bits per heavy atom. The first-order valence-corrected chi connectivity index (χ1v) is 9.74. The van der Waals surface area contributed by atoms with E-state index in [1.807, 2.05) is 59.5 Å². The third-order valence-corrected chi connectivity index (χ3v) is 5.31. The molecule has 1 amide bonds. The molecule has 1 aliphatic rings. The monoisotopic (exact) mass is 374 g/mol. The van der Waals surface area contributed by atoms with E-state index in [-0.39, 0.29) is 17.6 Å². The van der Waals surface area contributed by atoms with Crippen LogP contribution in [-0.2, 0) is 11.2 Å². The van der Waals surface area contributed by atoms with Crippen LogP contribution in [0.25, 0.3) is 11.3 Å². The van der Waals surface area contributed by atoms with Crippen LogP contribution in [0.4, 0.5) is 4.39 Å². The summed E-state index contributed by atoms with van der Waals surface area (Å²) in [4.78, 5) is 19.4. The average Bonchev–Trinajstić information content (AvgIpc) is 2.75. The molecular weight excluding hydrogens is 351 g/mol. The molecule has 1 saturated heterocycles. The van der Waals surface area contributed by atoms with Gasteiger partial charge in [-0.15, -0.1) is 0 Å². The quantitative estimate of drug-likeness (QED) is 0.655. The van der Waals surface area contributed by atoms with Crippen molar-refractivity contribution in [3.8, 4) is 11.3 Å². The Labute approximate surface area is 164 Å². The van der Waals surface area contributed by atoms with Crippen molar-refractivity contribution in [2.75, 3.05) is 13.1 Å². The van der Waals surface area contributed by atoms with Gasteiger partial charge in [-0.2, -0.15) is 0 Å². The third kappa shape index (κ3) is 4.11. The van der Waals surface area contributed by atoms with Crippen molar-refractivity contribution in [2.45, 2.75) is 25.2 Å². The van der Waals surface area contributed by atoms with E-state index in [4.69, 9.17) is 4.98 Å². The van der Waals surface area contributed by atoms with Gasteiger partial charge >= 0.3 is 0 Å². The number of halogens is 1. The van der Waals surface area contributed by atoms with Crippen LogP contribution < -0.4 is 0 Å². The van der Waals surface area contributed by atoms with Gasteiger partial charge in [0, 0.05) is 30.3 Å². The fourth-order valence-electron chi connectivity index (χ4n) is 3.83. The summed E-state index contributed by atoms with van der Waals surface area (Å²) in [6.07, 6.45) is 2.37. The Kier molecular flexibility index (Phi) is 5.47. The van der Waals surface area contributed by atoms with Crippen LogP contribution in [0.5, 0.6) is 0 Å². The molecule has 1 atom stereocenters. The molecule has 28 heavy (non-hydrogen) atoms. The van der Waals surface area contributed by atoms with Crippen LogP contribution in [0, 0.1) is 5.82 Å². The number of benzene rings is 2. The maximum Gasteiger partial charge on any atom is 0.227 e. The smallest absolute Gasteiger partial charge is 0.227 e. The molecule has 0 saturated carbocycles. The second-order valence-electron chi connectivity index (χ2n) is 7.27. The summed E-state index contributed by atoms with van der Waals surface area (Å²) in [6.45, 7) is 1.45. The van der Waals surface area contributed by atoms with Crippen molar-refractivity contribution in [1.82, 2.24) is 9.88 Å². The van der Waals surface area contributed by atoms with Crippen molar-refractivity contribution < 1.29 is 9.18 Å². The topological polar surface area (TPSA) is 33.2 Å². The molecule has 0 unspecified atom stereocenters. The van der Waals surface area contributed by atoms with E-state index in [0.29, 0.717) is 24.2 Å². The number of nitrogens with zero attached hydrogens (tertiary/aromatic N) is 2. The summed E-state index contributed by atoms with van der Waals surface area (Å²) in [5.74, 6) is 0.0665. The fourth-order valence-corrected chi connectivity index (χ4v) is 3.83. The van der Waals surface area contributed by atoms with E-state index in [0.717, 1.165) is 30.6 Å². The number of pyridine rings is 1.